The minimum atomic E-state index is -3.54. The van der Waals surface area contributed by atoms with Crippen molar-refractivity contribution in [3.05, 3.63) is 29.3 Å². The Morgan fingerprint density at radius 2 is 1.69 bits per heavy atom. The number of aryl methyl sites for hydroxylation is 2. The van der Waals surface area contributed by atoms with Gasteiger partial charge in [0.1, 0.15) is 0 Å². The highest BCUT2D eigenvalue weighted by Crippen LogP contribution is 2.20. The molecule has 29 heavy (non-hydrogen) atoms. The molecule has 8 nitrogen and oxygen atoms in total. The molecule has 9 heteroatoms. The Labute approximate surface area is 172 Å². The molecule has 1 aliphatic carbocycles. The average Bonchev–Trinajstić information content (AvgIpc) is 3.17. The van der Waals surface area contributed by atoms with E-state index in [9.17, 15) is 18.0 Å². The molecule has 0 spiro atoms. The fraction of sp³-hybridized carbons (Fsp3) is 0.600. The second-order valence-electron chi connectivity index (χ2n) is 7.93. The molecule has 0 bridgehead atoms. The summed E-state index contributed by atoms with van der Waals surface area (Å²) < 4.78 is 27.2. The maximum atomic E-state index is 12.9. The Morgan fingerprint density at radius 3 is 2.31 bits per heavy atom. The number of sulfonamides is 1. The zero-order valence-corrected chi connectivity index (χ0v) is 17.9. The standard InChI is InChI=1S/C20H30N4O4S/c1-15-7-8-18(13-16(15)2)29(27,28)24-11-9-23(10-12-24)14-19(25)22-20(26)21-17-5-3-4-6-17/h7-8,13,17H,3-6,9-12,14H2,1-2H3,(H2,21,22,25,26). The topological polar surface area (TPSA) is 98.8 Å². The average molecular weight is 423 g/mol. The number of hydrogen-bond acceptors (Lipinski definition) is 5. The van der Waals surface area contributed by atoms with Crippen LogP contribution in [0.2, 0.25) is 0 Å². The first-order valence-electron chi connectivity index (χ1n) is 10.2. The number of hydrogen-bond donors (Lipinski definition) is 2. The number of imide groups is 1. The van der Waals surface area contributed by atoms with Crippen LogP contribution in [-0.2, 0) is 14.8 Å². The lowest BCUT2D eigenvalue weighted by molar-refractivity contribution is -0.121. The summed E-state index contributed by atoms with van der Waals surface area (Å²) in [6, 6.07) is 4.87. The minimum absolute atomic E-state index is 0.0790. The highest BCUT2D eigenvalue weighted by molar-refractivity contribution is 7.89. The zero-order chi connectivity index (χ0) is 21.0. The maximum absolute atomic E-state index is 12.9. The number of carbonyl (C=O) groups excluding carboxylic acids is 2. The molecule has 1 saturated carbocycles. The summed E-state index contributed by atoms with van der Waals surface area (Å²) in [5.41, 5.74) is 1.99. The van der Waals surface area contributed by atoms with Gasteiger partial charge in [-0.2, -0.15) is 4.31 Å². The van der Waals surface area contributed by atoms with Crippen LogP contribution >= 0.6 is 0 Å². The van der Waals surface area contributed by atoms with Crippen molar-refractivity contribution in [1.82, 2.24) is 19.8 Å². The van der Waals surface area contributed by atoms with Gasteiger partial charge in [-0.15, -0.1) is 0 Å². The largest absolute Gasteiger partial charge is 0.335 e. The van der Waals surface area contributed by atoms with Crippen LogP contribution in [0.25, 0.3) is 0 Å². The molecule has 0 aromatic heterocycles. The third-order valence-corrected chi connectivity index (χ3v) is 7.65. The molecule has 1 aliphatic heterocycles. The number of benzene rings is 1. The van der Waals surface area contributed by atoms with Gasteiger partial charge in [0.2, 0.25) is 15.9 Å². The number of urea groups is 1. The van der Waals surface area contributed by atoms with E-state index in [1.165, 1.54) is 4.31 Å². The van der Waals surface area contributed by atoms with Gasteiger partial charge in [0, 0.05) is 32.2 Å². The van der Waals surface area contributed by atoms with Crippen LogP contribution in [0, 0.1) is 13.8 Å². The quantitative estimate of drug-likeness (QED) is 0.747. The van der Waals surface area contributed by atoms with E-state index in [0.29, 0.717) is 31.1 Å². The number of nitrogens with zero attached hydrogens (tertiary/aromatic N) is 2. The summed E-state index contributed by atoms with van der Waals surface area (Å²) in [6.07, 6.45) is 4.12. The third-order valence-electron chi connectivity index (χ3n) is 5.76. The van der Waals surface area contributed by atoms with Crippen LogP contribution < -0.4 is 10.6 Å². The van der Waals surface area contributed by atoms with E-state index in [-0.39, 0.29) is 18.5 Å². The van der Waals surface area contributed by atoms with Crippen LogP contribution in [0.1, 0.15) is 36.8 Å². The van der Waals surface area contributed by atoms with Crippen LogP contribution in [0.3, 0.4) is 0 Å². The van der Waals surface area contributed by atoms with E-state index >= 15 is 0 Å². The van der Waals surface area contributed by atoms with Gasteiger partial charge in [-0.3, -0.25) is 15.0 Å². The van der Waals surface area contributed by atoms with Crippen LogP contribution in [0.4, 0.5) is 4.79 Å². The number of nitrogens with one attached hydrogen (secondary N) is 2. The molecule has 1 saturated heterocycles. The minimum Gasteiger partial charge on any atom is -0.335 e. The lowest BCUT2D eigenvalue weighted by Gasteiger charge is -2.33. The number of rotatable bonds is 5. The smallest absolute Gasteiger partial charge is 0.321 e. The molecular weight excluding hydrogens is 392 g/mol. The monoisotopic (exact) mass is 422 g/mol. The van der Waals surface area contributed by atoms with E-state index < -0.39 is 16.1 Å². The second kappa shape index (κ2) is 9.23. The Hall–Kier alpha value is -1.97. The molecule has 3 rings (SSSR count). The molecule has 2 fully saturated rings. The Kier molecular flexibility index (Phi) is 6.92. The van der Waals surface area contributed by atoms with Crippen molar-refractivity contribution >= 4 is 22.0 Å². The lowest BCUT2D eigenvalue weighted by atomic mass is 10.1. The van der Waals surface area contributed by atoms with Crippen molar-refractivity contribution in [3.8, 4) is 0 Å². The van der Waals surface area contributed by atoms with E-state index in [0.717, 1.165) is 36.8 Å². The van der Waals surface area contributed by atoms with Crippen molar-refractivity contribution in [2.24, 2.45) is 0 Å². The van der Waals surface area contributed by atoms with Crippen molar-refractivity contribution in [2.45, 2.75) is 50.5 Å². The van der Waals surface area contributed by atoms with Gasteiger partial charge in [0.05, 0.1) is 11.4 Å². The Morgan fingerprint density at radius 1 is 1.03 bits per heavy atom. The van der Waals surface area contributed by atoms with Gasteiger partial charge in [-0.1, -0.05) is 18.9 Å². The second-order valence-corrected chi connectivity index (χ2v) is 9.87. The van der Waals surface area contributed by atoms with Gasteiger partial charge in [0.15, 0.2) is 0 Å². The molecule has 1 heterocycles. The van der Waals surface area contributed by atoms with Gasteiger partial charge in [-0.25, -0.2) is 13.2 Å². The molecule has 0 atom stereocenters. The first kappa shape index (κ1) is 21.7. The molecule has 3 amide bonds. The zero-order valence-electron chi connectivity index (χ0n) is 17.1. The van der Waals surface area contributed by atoms with Crippen LogP contribution in [0.5, 0.6) is 0 Å². The summed E-state index contributed by atoms with van der Waals surface area (Å²) in [4.78, 5) is 26.2. The summed E-state index contributed by atoms with van der Waals surface area (Å²) in [5.74, 6) is -0.369. The van der Waals surface area contributed by atoms with Crippen LogP contribution in [-0.4, -0.2) is 68.3 Å². The van der Waals surface area contributed by atoms with E-state index in [1.807, 2.05) is 24.8 Å². The number of carbonyl (C=O) groups is 2. The van der Waals surface area contributed by atoms with E-state index in [2.05, 4.69) is 10.6 Å². The Balaban J connectivity index is 1.47. The van der Waals surface area contributed by atoms with Gasteiger partial charge in [-0.05, 0) is 49.9 Å². The van der Waals surface area contributed by atoms with Crippen molar-refractivity contribution in [1.29, 1.82) is 0 Å². The van der Waals surface area contributed by atoms with Crippen LogP contribution in [0.15, 0.2) is 23.1 Å². The van der Waals surface area contributed by atoms with Gasteiger partial charge in [0.25, 0.3) is 0 Å². The molecule has 2 aliphatic rings. The fourth-order valence-corrected chi connectivity index (χ4v) is 5.32. The SMILES string of the molecule is Cc1ccc(S(=O)(=O)N2CCN(CC(=O)NC(=O)NC3CCCC3)CC2)cc1C. The number of piperazine rings is 1. The molecular formula is C20H30N4O4S. The van der Waals surface area contributed by atoms with Gasteiger partial charge >= 0.3 is 6.03 Å². The first-order chi connectivity index (χ1) is 13.8. The lowest BCUT2D eigenvalue weighted by Crippen LogP contribution is -2.52. The number of amides is 3. The molecule has 1 aromatic rings. The summed E-state index contributed by atoms with van der Waals surface area (Å²) >= 11 is 0. The van der Waals surface area contributed by atoms with Gasteiger partial charge < -0.3 is 5.32 Å². The van der Waals surface area contributed by atoms with Crippen molar-refractivity contribution in [3.63, 3.8) is 0 Å². The molecule has 160 valence electrons. The first-order valence-corrected chi connectivity index (χ1v) is 11.6. The molecule has 0 radical (unpaired) electrons. The highest BCUT2D eigenvalue weighted by atomic mass is 32.2. The predicted molar refractivity (Wildman–Crippen MR) is 110 cm³/mol. The Bertz CT molecular complexity index is 857. The predicted octanol–water partition coefficient (Wildman–Crippen LogP) is 1.38. The summed E-state index contributed by atoms with van der Waals surface area (Å²) in [6.45, 7) is 5.45. The van der Waals surface area contributed by atoms with E-state index in [4.69, 9.17) is 0 Å². The molecule has 1 aromatic carbocycles. The maximum Gasteiger partial charge on any atom is 0.321 e. The summed E-state index contributed by atoms with van der Waals surface area (Å²) in [5, 5.41) is 5.19. The highest BCUT2D eigenvalue weighted by Gasteiger charge is 2.29. The third kappa shape index (κ3) is 5.55. The molecule has 0 unspecified atom stereocenters. The van der Waals surface area contributed by atoms with Crippen molar-refractivity contribution < 1.29 is 18.0 Å². The van der Waals surface area contributed by atoms with E-state index in [1.54, 1.807) is 12.1 Å². The fourth-order valence-electron chi connectivity index (χ4n) is 3.81. The normalized spacial score (nSPS) is 19.2. The molecule has 2 N–H and O–H groups in total. The van der Waals surface area contributed by atoms with Crippen molar-refractivity contribution in [2.75, 3.05) is 32.7 Å². The summed E-state index contributed by atoms with van der Waals surface area (Å²) in [7, 11) is -3.54.